The lowest BCUT2D eigenvalue weighted by Crippen LogP contribution is -1.99. The Morgan fingerprint density at radius 3 is 2.57 bits per heavy atom. The molecule has 0 spiro atoms. The number of ether oxygens (including phenoxy) is 1. The van der Waals surface area contributed by atoms with Gasteiger partial charge in [-0.15, -0.1) is 0 Å². The third-order valence-electron chi connectivity index (χ3n) is 1.69. The van der Waals surface area contributed by atoms with E-state index in [1.54, 1.807) is 6.92 Å². The van der Waals surface area contributed by atoms with Crippen molar-refractivity contribution in [3.8, 4) is 5.75 Å². The lowest BCUT2D eigenvalue weighted by Gasteiger charge is -2.05. The number of hydrogen-bond donors (Lipinski definition) is 0. The van der Waals surface area contributed by atoms with E-state index in [0.29, 0.717) is 19.2 Å². The van der Waals surface area contributed by atoms with Gasteiger partial charge in [0.2, 0.25) is 0 Å². The Morgan fingerprint density at radius 1 is 1.36 bits per heavy atom. The van der Waals surface area contributed by atoms with E-state index in [-0.39, 0.29) is 16.9 Å². The average molecular weight is 196 g/mol. The first-order valence-electron chi connectivity index (χ1n) is 4.09. The van der Waals surface area contributed by atoms with Crippen molar-refractivity contribution in [2.24, 2.45) is 0 Å². The van der Waals surface area contributed by atoms with E-state index in [1.165, 1.54) is 6.07 Å². The Balaban J connectivity index is 3.23. The van der Waals surface area contributed by atoms with E-state index >= 15 is 0 Å². The van der Waals surface area contributed by atoms with Crippen LogP contribution in [0.3, 0.4) is 0 Å². The van der Waals surface area contributed by atoms with Gasteiger partial charge in [-0.1, -0.05) is 0 Å². The number of carbonyl (C=O) groups excluding carboxylic acids is 2. The first-order valence-corrected chi connectivity index (χ1v) is 4.09. The van der Waals surface area contributed by atoms with Crippen molar-refractivity contribution >= 4 is 12.6 Å². The van der Waals surface area contributed by atoms with Gasteiger partial charge in [0.05, 0.1) is 12.2 Å². The molecule has 4 heteroatoms. The second-order valence-electron chi connectivity index (χ2n) is 2.58. The Hall–Kier alpha value is -1.71. The van der Waals surface area contributed by atoms with Crippen molar-refractivity contribution in [2.75, 3.05) is 6.61 Å². The summed E-state index contributed by atoms with van der Waals surface area (Å²) in [6.07, 6.45) is 0.740. The largest absolute Gasteiger partial charge is 0.494 e. The van der Waals surface area contributed by atoms with E-state index in [0.717, 1.165) is 6.07 Å². The minimum absolute atomic E-state index is 0.00319. The van der Waals surface area contributed by atoms with Crippen LogP contribution in [0.5, 0.6) is 5.75 Å². The van der Waals surface area contributed by atoms with Crippen LogP contribution in [0.25, 0.3) is 0 Å². The summed E-state index contributed by atoms with van der Waals surface area (Å²) in [5.41, 5.74) is -0.230. The van der Waals surface area contributed by atoms with Gasteiger partial charge in [-0.25, -0.2) is 4.39 Å². The van der Waals surface area contributed by atoms with Crippen LogP contribution in [-0.2, 0) is 0 Å². The molecule has 0 atom stereocenters. The molecule has 74 valence electrons. The smallest absolute Gasteiger partial charge is 0.153 e. The summed E-state index contributed by atoms with van der Waals surface area (Å²) >= 11 is 0. The number of aldehydes is 2. The van der Waals surface area contributed by atoms with E-state index in [1.807, 2.05) is 0 Å². The molecular formula is C10H9FO3. The van der Waals surface area contributed by atoms with Gasteiger partial charge in [0.15, 0.2) is 12.6 Å². The minimum Gasteiger partial charge on any atom is -0.494 e. The molecule has 1 aromatic rings. The van der Waals surface area contributed by atoms with Crippen LogP contribution in [0.1, 0.15) is 27.6 Å². The fraction of sp³-hybridized carbons (Fsp3) is 0.200. The van der Waals surface area contributed by atoms with Crippen molar-refractivity contribution in [1.29, 1.82) is 0 Å². The highest BCUT2D eigenvalue weighted by Crippen LogP contribution is 2.19. The zero-order chi connectivity index (χ0) is 10.6. The van der Waals surface area contributed by atoms with Gasteiger partial charge in [-0.2, -0.15) is 0 Å². The molecule has 0 aromatic heterocycles. The van der Waals surface area contributed by atoms with Crippen LogP contribution in [0.15, 0.2) is 12.1 Å². The maximum absolute atomic E-state index is 13.2. The third kappa shape index (κ3) is 1.96. The van der Waals surface area contributed by atoms with Crippen LogP contribution in [0, 0.1) is 5.82 Å². The van der Waals surface area contributed by atoms with Gasteiger partial charge in [0, 0.05) is 11.6 Å². The van der Waals surface area contributed by atoms with Crippen LogP contribution in [0.4, 0.5) is 4.39 Å². The van der Waals surface area contributed by atoms with Crippen LogP contribution in [-0.4, -0.2) is 19.2 Å². The van der Waals surface area contributed by atoms with Crippen LogP contribution < -0.4 is 4.74 Å². The molecule has 0 saturated heterocycles. The molecule has 3 nitrogen and oxygen atoms in total. The van der Waals surface area contributed by atoms with Gasteiger partial charge in [-0.05, 0) is 13.0 Å². The monoisotopic (exact) mass is 196 g/mol. The van der Waals surface area contributed by atoms with Crippen molar-refractivity contribution in [1.82, 2.24) is 0 Å². The van der Waals surface area contributed by atoms with Gasteiger partial charge >= 0.3 is 0 Å². The molecule has 0 aliphatic rings. The molecule has 0 N–H and O–H groups in total. The highest BCUT2D eigenvalue weighted by atomic mass is 19.1. The van der Waals surface area contributed by atoms with Gasteiger partial charge in [0.1, 0.15) is 11.6 Å². The molecular weight excluding hydrogens is 187 g/mol. The average Bonchev–Trinajstić information content (AvgIpc) is 2.17. The Kier molecular flexibility index (Phi) is 3.34. The van der Waals surface area contributed by atoms with Gasteiger partial charge in [0.25, 0.3) is 0 Å². The molecule has 0 aliphatic heterocycles. The summed E-state index contributed by atoms with van der Waals surface area (Å²) in [4.78, 5) is 21.0. The third-order valence-corrected chi connectivity index (χ3v) is 1.69. The maximum atomic E-state index is 13.2. The second-order valence-corrected chi connectivity index (χ2v) is 2.58. The van der Waals surface area contributed by atoms with Gasteiger partial charge < -0.3 is 4.74 Å². The van der Waals surface area contributed by atoms with Crippen LogP contribution >= 0.6 is 0 Å². The number of carbonyl (C=O) groups is 2. The zero-order valence-corrected chi connectivity index (χ0v) is 7.62. The molecule has 0 saturated carbocycles. The maximum Gasteiger partial charge on any atom is 0.153 e. The SMILES string of the molecule is CCOc1cc(F)c(C=O)c(C=O)c1. The summed E-state index contributed by atoms with van der Waals surface area (Å²) in [6, 6.07) is 2.42. The zero-order valence-electron chi connectivity index (χ0n) is 7.62. The van der Waals surface area contributed by atoms with Gasteiger partial charge in [-0.3, -0.25) is 9.59 Å². The summed E-state index contributed by atoms with van der Waals surface area (Å²) in [6.45, 7) is 2.12. The molecule has 0 bridgehead atoms. The predicted octanol–water partition coefficient (Wildman–Crippen LogP) is 1.85. The Labute approximate surface area is 80.5 Å². The number of halogens is 1. The topological polar surface area (TPSA) is 43.4 Å². The highest BCUT2D eigenvalue weighted by Gasteiger charge is 2.10. The molecule has 0 unspecified atom stereocenters. The highest BCUT2D eigenvalue weighted by molar-refractivity contribution is 5.91. The fourth-order valence-electron chi connectivity index (χ4n) is 1.09. The molecule has 0 amide bonds. The van der Waals surface area contributed by atoms with E-state index in [2.05, 4.69) is 0 Å². The lowest BCUT2D eigenvalue weighted by molar-refractivity contribution is 0.109. The predicted molar refractivity (Wildman–Crippen MR) is 48.3 cm³/mol. The molecule has 0 aliphatic carbocycles. The van der Waals surface area contributed by atoms with Crippen molar-refractivity contribution in [2.45, 2.75) is 6.92 Å². The van der Waals surface area contributed by atoms with E-state index in [9.17, 15) is 14.0 Å². The molecule has 14 heavy (non-hydrogen) atoms. The number of benzene rings is 1. The summed E-state index contributed by atoms with van der Waals surface area (Å²) in [5, 5.41) is 0. The van der Waals surface area contributed by atoms with Crippen molar-refractivity contribution < 1.29 is 18.7 Å². The Morgan fingerprint density at radius 2 is 2.07 bits per heavy atom. The molecule has 0 radical (unpaired) electrons. The summed E-state index contributed by atoms with van der Waals surface area (Å²) < 4.78 is 18.2. The molecule has 0 heterocycles. The van der Waals surface area contributed by atoms with Crippen molar-refractivity contribution in [3.63, 3.8) is 0 Å². The second kappa shape index (κ2) is 4.50. The number of hydrogen-bond acceptors (Lipinski definition) is 3. The van der Waals surface area contributed by atoms with Crippen molar-refractivity contribution in [3.05, 3.63) is 29.1 Å². The minimum atomic E-state index is -0.743. The molecule has 0 fully saturated rings. The van der Waals surface area contributed by atoms with E-state index < -0.39 is 5.82 Å². The van der Waals surface area contributed by atoms with Crippen LogP contribution in [0.2, 0.25) is 0 Å². The standard InChI is InChI=1S/C10H9FO3/c1-2-14-8-3-7(5-12)9(6-13)10(11)4-8/h3-6H,2H2,1H3. The first-order chi connectivity index (χ1) is 6.72. The molecule has 1 aromatic carbocycles. The van der Waals surface area contributed by atoms with E-state index in [4.69, 9.17) is 4.74 Å². The normalized spacial score (nSPS) is 9.57. The summed E-state index contributed by atoms with van der Waals surface area (Å²) in [7, 11) is 0. The fourth-order valence-corrected chi connectivity index (χ4v) is 1.09. The quantitative estimate of drug-likeness (QED) is 0.690. The Bertz CT molecular complexity index is 361. The number of rotatable bonds is 4. The lowest BCUT2D eigenvalue weighted by atomic mass is 10.1. The molecule has 1 rings (SSSR count). The summed E-state index contributed by atoms with van der Waals surface area (Å²) in [5.74, 6) is -0.495. The first kappa shape index (κ1) is 10.4.